The van der Waals surface area contributed by atoms with E-state index >= 15 is 0 Å². The summed E-state index contributed by atoms with van der Waals surface area (Å²) in [6, 6.07) is 43.3. The minimum absolute atomic E-state index is 0.423. The molecule has 3 fully saturated rings. The van der Waals surface area contributed by atoms with E-state index in [0.29, 0.717) is 17.9 Å². The van der Waals surface area contributed by atoms with Crippen molar-refractivity contribution < 1.29 is 4.42 Å². The highest BCUT2D eigenvalue weighted by atomic mass is 16.3. The van der Waals surface area contributed by atoms with Crippen LogP contribution in [0.5, 0.6) is 0 Å². The van der Waals surface area contributed by atoms with Crippen LogP contribution in [0.15, 0.2) is 120 Å². The fraction of sp³-hybridized carbons (Fsp3) is 0.280. The minimum Gasteiger partial charge on any atom is -0.456 e. The van der Waals surface area contributed by atoms with Crippen molar-refractivity contribution in [3.8, 4) is 17.5 Å². The van der Waals surface area contributed by atoms with Gasteiger partial charge >= 0.3 is 0 Å². The van der Waals surface area contributed by atoms with Crippen LogP contribution in [-0.4, -0.2) is 9.13 Å². The second kappa shape index (κ2) is 10.6. The molecule has 0 aliphatic heterocycles. The standard InChI is InChI=1S/C50H40N2O/c1-2-11-30-26-32(21-20-29(30)10-1)51-41-18-7-5-15-37(41)48-43(51)23-22-39-47-42(24-25-45-49(47)38-16-6-8-19-44(38)53-45)52(50(39)48)33-27-31-12-9-17-36-34-13-3-4-14-35(34)40(28-33)46(31)36/h1-2,5-8,10-11,15-16,18-26,31,33-36,40,46H,3,9,12-13,17,27-28H2. The first-order valence-corrected chi connectivity index (χ1v) is 20.1. The highest BCUT2D eigenvalue weighted by Crippen LogP contribution is 2.63. The number of hydrogen-bond donors (Lipinski definition) is 0. The van der Waals surface area contributed by atoms with Crippen molar-refractivity contribution >= 4 is 76.3 Å². The van der Waals surface area contributed by atoms with Gasteiger partial charge in [0.15, 0.2) is 0 Å². The van der Waals surface area contributed by atoms with Gasteiger partial charge in [0.05, 0.1) is 22.1 Å². The van der Waals surface area contributed by atoms with Gasteiger partial charge in [-0.05, 0) is 109 Å². The van der Waals surface area contributed by atoms with Crippen LogP contribution in [0.1, 0.15) is 51.0 Å². The lowest BCUT2D eigenvalue weighted by Gasteiger charge is -2.45. The maximum atomic E-state index is 6.56. The molecule has 3 saturated carbocycles. The van der Waals surface area contributed by atoms with Crippen molar-refractivity contribution in [2.24, 2.45) is 35.5 Å². The number of rotatable bonds is 2. The van der Waals surface area contributed by atoms with E-state index in [1.165, 1.54) is 109 Å². The van der Waals surface area contributed by atoms with Crippen LogP contribution in [0.2, 0.25) is 0 Å². The van der Waals surface area contributed by atoms with Crippen LogP contribution < -0.4 is 0 Å². The zero-order chi connectivity index (χ0) is 34.4. The number of fused-ring (bicyclic) bond motifs is 15. The molecular weight excluding hydrogens is 645 g/mol. The highest BCUT2D eigenvalue weighted by molar-refractivity contribution is 6.32. The summed E-state index contributed by atoms with van der Waals surface area (Å²) < 4.78 is 11.9. The minimum atomic E-state index is 0.423. The summed E-state index contributed by atoms with van der Waals surface area (Å²) in [7, 11) is 0. The predicted octanol–water partition coefficient (Wildman–Crippen LogP) is 13.0. The molecule has 6 aromatic carbocycles. The topological polar surface area (TPSA) is 23.0 Å². The van der Waals surface area contributed by atoms with Crippen molar-refractivity contribution in [2.45, 2.75) is 51.0 Å². The molecule has 4 aliphatic rings. The molecule has 256 valence electrons. The highest BCUT2D eigenvalue weighted by Gasteiger charge is 2.56. The first kappa shape index (κ1) is 29.0. The van der Waals surface area contributed by atoms with Crippen LogP contribution in [0.3, 0.4) is 0 Å². The molecule has 7 unspecified atom stereocenters. The summed E-state index contributed by atoms with van der Waals surface area (Å²) >= 11 is 0. The molecule has 3 aromatic heterocycles. The van der Waals surface area contributed by atoms with E-state index in [-0.39, 0.29) is 0 Å². The lowest BCUT2D eigenvalue weighted by Crippen LogP contribution is -2.37. The van der Waals surface area contributed by atoms with E-state index in [1.807, 2.05) is 0 Å². The van der Waals surface area contributed by atoms with Gasteiger partial charge in [0.25, 0.3) is 0 Å². The molecule has 3 nitrogen and oxygen atoms in total. The van der Waals surface area contributed by atoms with Gasteiger partial charge in [0.1, 0.15) is 11.2 Å². The van der Waals surface area contributed by atoms with E-state index < -0.39 is 0 Å². The average Bonchev–Trinajstić information content (AvgIpc) is 3.95. The van der Waals surface area contributed by atoms with Crippen molar-refractivity contribution in [3.05, 3.63) is 115 Å². The fourth-order valence-electron chi connectivity index (χ4n) is 12.8. The summed E-state index contributed by atoms with van der Waals surface area (Å²) in [5, 5.41) is 10.4. The van der Waals surface area contributed by atoms with Gasteiger partial charge in [-0.1, -0.05) is 91.6 Å². The van der Waals surface area contributed by atoms with Crippen molar-refractivity contribution in [1.29, 1.82) is 0 Å². The normalized spacial score (nSPS) is 26.5. The molecule has 3 heteroatoms. The Bertz CT molecular complexity index is 3070. The van der Waals surface area contributed by atoms with Crippen LogP contribution >= 0.6 is 0 Å². The Morgan fingerprint density at radius 1 is 0.585 bits per heavy atom. The fourth-order valence-corrected chi connectivity index (χ4v) is 12.8. The lowest BCUT2D eigenvalue weighted by atomic mass is 9.62. The maximum Gasteiger partial charge on any atom is 0.136 e. The average molecular weight is 685 g/mol. The Morgan fingerprint density at radius 3 is 2.40 bits per heavy atom. The number of aromatic nitrogens is 2. The SMILES string of the molecule is C1#CC2C(CC1)C1CCCC3CC(n4c5ccc6oc7ccccc7c6c5c5ccc6c(c7ccccc7n6-c6ccc7ccccc7c6)c54)CC2C31. The van der Waals surface area contributed by atoms with Gasteiger partial charge < -0.3 is 13.6 Å². The molecule has 4 aliphatic carbocycles. The molecule has 0 spiro atoms. The summed E-state index contributed by atoms with van der Waals surface area (Å²) in [5.74, 6) is 12.1. The van der Waals surface area contributed by atoms with Crippen LogP contribution in [0.25, 0.3) is 82.0 Å². The lowest BCUT2D eigenvalue weighted by molar-refractivity contribution is 0.0585. The van der Waals surface area contributed by atoms with Gasteiger partial charge in [-0.2, -0.15) is 0 Å². The molecule has 3 heterocycles. The summed E-state index contributed by atoms with van der Waals surface area (Å²) in [4.78, 5) is 0. The second-order valence-corrected chi connectivity index (χ2v) is 16.8. The molecule has 0 N–H and O–H groups in total. The molecule has 9 aromatic rings. The molecule has 0 radical (unpaired) electrons. The molecule has 0 saturated heterocycles. The third kappa shape index (κ3) is 3.82. The van der Waals surface area contributed by atoms with Crippen LogP contribution in [-0.2, 0) is 0 Å². The third-order valence-corrected chi connectivity index (χ3v) is 14.6. The quantitative estimate of drug-likeness (QED) is 0.166. The Morgan fingerprint density at radius 2 is 1.43 bits per heavy atom. The van der Waals surface area contributed by atoms with Crippen molar-refractivity contribution in [3.63, 3.8) is 0 Å². The van der Waals surface area contributed by atoms with Gasteiger partial charge in [0, 0.05) is 56.4 Å². The van der Waals surface area contributed by atoms with Gasteiger partial charge in [-0.15, -0.1) is 5.92 Å². The van der Waals surface area contributed by atoms with Crippen LogP contribution in [0.4, 0.5) is 0 Å². The number of hydrogen-bond acceptors (Lipinski definition) is 1. The number of furan rings is 1. The summed E-state index contributed by atoms with van der Waals surface area (Å²) in [5.41, 5.74) is 8.44. The van der Waals surface area contributed by atoms with Gasteiger partial charge in [-0.3, -0.25) is 0 Å². The Balaban J connectivity index is 1.15. The molecular formula is C50H40N2O. The van der Waals surface area contributed by atoms with Crippen molar-refractivity contribution in [2.75, 3.05) is 0 Å². The third-order valence-electron chi connectivity index (χ3n) is 14.6. The van der Waals surface area contributed by atoms with E-state index in [1.54, 1.807) is 0 Å². The predicted molar refractivity (Wildman–Crippen MR) is 219 cm³/mol. The first-order valence-electron chi connectivity index (χ1n) is 20.1. The van der Waals surface area contributed by atoms with Crippen LogP contribution in [0, 0.1) is 47.3 Å². The number of benzene rings is 6. The Hall–Kier alpha value is -5.46. The molecule has 7 atom stereocenters. The summed E-state index contributed by atoms with van der Waals surface area (Å²) in [6.07, 6.45) is 9.13. The smallest absolute Gasteiger partial charge is 0.136 e. The monoisotopic (exact) mass is 684 g/mol. The maximum absolute atomic E-state index is 6.56. The van der Waals surface area contributed by atoms with Gasteiger partial charge in [-0.25, -0.2) is 0 Å². The zero-order valence-corrected chi connectivity index (χ0v) is 29.8. The number of nitrogens with zero attached hydrogens (tertiary/aromatic N) is 2. The molecule has 53 heavy (non-hydrogen) atoms. The van der Waals surface area contributed by atoms with E-state index in [2.05, 4.69) is 136 Å². The van der Waals surface area contributed by atoms with Crippen molar-refractivity contribution in [1.82, 2.24) is 9.13 Å². The molecule has 13 rings (SSSR count). The van der Waals surface area contributed by atoms with Gasteiger partial charge in [0.2, 0.25) is 0 Å². The number of para-hydroxylation sites is 2. The van der Waals surface area contributed by atoms with E-state index in [4.69, 9.17) is 4.42 Å². The van der Waals surface area contributed by atoms with E-state index in [9.17, 15) is 0 Å². The summed E-state index contributed by atoms with van der Waals surface area (Å²) in [6.45, 7) is 0. The largest absolute Gasteiger partial charge is 0.456 e. The molecule has 0 amide bonds. The Labute approximate surface area is 308 Å². The first-order chi connectivity index (χ1) is 26.3. The Kier molecular flexibility index (Phi) is 5.80. The van der Waals surface area contributed by atoms with E-state index in [0.717, 1.165) is 41.3 Å². The second-order valence-electron chi connectivity index (χ2n) is 16.8. The zero-order valence-electron chi connectivity index (χ0n) is 29.8. The molecule has 0 bridgehead atoms.